The highest BCUT2D eigenvalue weighted by molar-refractivity contribution is 6.13. The van der Waals surface area contributed by atoms with Crippen molar-refractivity contribution < 1.29 is 32.3 Å². The largest absolute Gasteiger partial charge is 0.463 e. The highest BCUT2D eigenvalue weighted by atomic mass is 19.1. The van der Waals surface area contributed by atoms with Gasteiger partial charge in [-0.05, 0) is 48.5 Å². The van der Waals surface area contributed by atoms with Gasteiger partial charge in [0.1, 0.15) is 28.8 Å². The second kappa shape index (κ2) is 7.70. The van der Waals surface area contributed by atoms with Crippen molar-refractivity contribution in [3.05, 3.63) is 77.3 Å². The number of amides is 3. The Balaban J connectivity index is 1.50. The van der Waals surface area contributed by atoms with Gasteiger partial charge in [0.2, 0.25) is 5.76 Å². The molecule has 0 bridgehead atoms. The van der Waals surface area contributed by atoms with Crippen LogP contribution in [-0.4, -0.2) is 29.9 Å². The van der Waals surface area contributed by atoms with Crippen LogP contribution < -0.4 is 5.32 Å². The number of rotatable bonds is 5. The van der Waals surface area contributed by atoms with Crippen LogP contribution in [0, 0.1) is 5.82 Å². The van der Waals surface area contributed by atoms with Gasteiger partial charge in [0.05, 0.1) is 13.7 Å². The van der Waals surface area contributed by atoms with Crippen LogP contribution in [0.25, 0.3) is 17.4 Å². The molecule has 1 aliphatic heterocycles. The van der Waals surface area contributed by atoms with Gasteiger partial charge >= 0.3 is 12.0 Å². The molecule has 0 aliphatic carbocycles. The van der Waals surface area contributed by atoms with E-state index in [1.807, 2.05) is 0 Å². The molecule has 9 heteroatoms. The van der Waals surface area contributed by atoms with Crippen LogP contribution in [0.4, 0.5) is 9.18 Å². The average Bonchev–Trinajstić information content (AvgIpc) is 3.45. The van der Waals surface area contributed by atoms with E-state index in [1.54, 1.807) is 24.3 Å². The van der Waals surface area contributed by atoms with Crippen molar-refractivity contribution in [3.63, 3.8) is 0 Å². The zero-order chi connectivity index (χ0) is 21.3. The van der Waals surface area contributed by atoms with Gasteiger partial charge in [-0.1, -0.05) is 0 Å². The van der Waals surface area contributed by atoms with E-state index in [2.05, 4.69) is 10.1 Å². The summed E-state index contributed by atoms with van der Waals surface area (Å²) in [5, 5.41) is 2.48. The van der Waals surface area contributed by atoms with Crippen LogP contribution in [-0.2, 0) is 16.1 Å². The number of hydrogen-bond acceptors (Lipinski definition) is 6. The summed E-state index contributed by atoms with van der Waals surface area (Å²) in [5.74, 6) is -0.546. The molecule has 8 nitrogen and oxygen atoms in total. The summed E-state index contributed by atoms with van der Waals surface area (Å²) >= 11 is 0. The Bertz CT molecular complexity index is 1160. The molecule has 1 aliphatic rings. The van der Waals surface area contributed by atoms with Crippen molar-refractivity contribution in [2.75, 3.05) is 7.11 Å². The van der Waals surface area contributed by atoms with Crippen molar-refractivity contribution in [2.24, 2.45) is 0 Å². The van der Waals surface area contributed by atoms with Gasteiger partial charge in [-0.2, -0.15) is 0 Å². The van der Waals surface area contributed by atoms with Gasteiger partial charge in [0.25, 0.3) is 5.91 Å². The first-order chi connectivity index (χ1) is 14.4. The van der Waals surface area contributed by atoms with Crippen LogP contribution in [0.3, 0.4) is 0 Å². The molecule has 1 fully saturated rings. The molecule has 3 amide bonds. The minimum absolute atomic E-state index is 0.0275. The summed E-state index contributed by atoms with van der Waals surface area (Å²) in [5.41, 5.74) is 0.698. The van der Waals surface area contributed by atoms with Crippen molar-refractivity contribution in [2.45, 2.75) is 6.54 Å². The number of hydrogen-bond donors (Lipinski definition) is 1. The van der Waals surface area contributed by atoms with E-state index in [4.69, 9.17) is 8.83 Å². The molecule has 4 rings (SSSR count). The zero-order valence-corrected chi connectivity index (χ0v) is 15.7. The molecular weight excluding hydrogens is 395 g/mol. The molecule has 0 saturated carbocycles. The number of carbonyl (C=O) groups excluding carboxylic acids is 3. The number of ether oxygens (including phenoxy) is 1. The Labute approximate surface area is 169 Å². The number of nitrogens with one attached hydrogen (secondary N) is 1. The van der Waals surface area contributed by atoms with Gasteiger partial charge < -0.3 is 18.9 Å². The molecule has 0 unspecified atom stereocenters. The van der Waals surface area contributed by atoms with E-state index in [0.717, 1.165) is 4.90 Å². The Morgan fingerprint density at radius 2 is 1.87 bits per heavy atom. The van der Waals surface area contributed by atoms with E-state index in [1.165, 1.54) is 37.5 Å². The summed E-state index contributed by atoms with van der Waals surface area (Å²) in [6, 6.07) is 11.3. The number of carbonyl (C=O) groups is 3. The average molecular weight is 410 g/mol. The molecule has 1 N–H and O–H groups in total. The maximum absolute atomic E-state index is 13.1. The lowest BCUT2D eigenvalue weighted by atomic mass is 10.2. The monoisotopic (exact) mass is 410 g/mol. The van der Waals surface area contributed by atoms with Crippen molar-refractivity contribution in [1.82, 2.24) is 10.2 Å². The first-order valence-corrected chi connectivity index (χ1v) is 8.82. The van der Waals surface area contributed by atoms with Crippen molar-refractivity contribution >= 4 is 24.0 Å². The molecule has 1 saturated heterocycles. The number of esters is 1. The maximum Gasteiger partial charge on any atom is 0.373 e. The molecule has 0 atom stereocenters. The summed E-state index contributed by atoms with van der Waals surface area (Å²) in [6.07, 6.45) is 1.40. The lowest BCUT2D eigenvalue weighted by molar-refractivity contribution is -0.123. The fourth-order valence-electron chi connectivity index (χ4n) is 2.89. The molecule has 2 aromatic heterocycles. The zero-order valence-electron chi connectivity index (χ0n) is 15.7. The highest BCUT2D eigenvalue weighted by Crippen LogP contribution is 2.25. The Hall–Kier alpha value is -4.14. The maximum atomic E-state index is 13.1. The number of benzene rings is 1. The lowest BCUT2D eigenvalue weighted by Crippen LogP contribution is -2.30. The van der Waals surface area contributed by atoms with Gasteiger partial charge in [-0.15, -0.1) is 0 Å². The number of methoxy groups -OCH3 is 1. The minimum atomic E-state index is -0.659. The third-order valence-electron chi connectivity index (χ3n) is 4.37. The van der Waals surface area contributed by atoms with E-state index >= 15 is 0 Å². The number of urea groups is 1. The summed E-state index contributed by atoms with van der Waals surface area (Å²) in [7, 11) is 1.22. The normalized spacial score (nSPS) is 15.0. The predicted octanol–water partition coefficient (Wildman–Crippen LogP) is 3.56. The Kier molecular flexibility index (Phi) is 4.93. The first-order valence-electron chi connectivity index (χ1n) is 8.82. The van der Waals surface area contributed by atoms with Crippen LogP contribution in [0.1, 0.15) is 22.1 Å². The number of imide groups is 1. The van der Waals surface area contributed by atoms with Crippen LogP contribution >= 0.6 is 0 Å². The predicted molar refractivity (Wildman–Crippen MR) is 101 cm³/mol. The Morgan fingerprint density at radius 1 is 1.10 bits per heavy atom. The van der Waals surface area contributed by atoms with E-state index in [-0.39, 0.29) is 29.6 Å². The van der Waals surface area contributed by atoms with E-state index in [0.29, 0.717) is 17.1 Å². The molecular formula is C21H15FN2O6. The number of furan rings is 2. The van der Waals surface area contributed by atoms with Crippen molar-refractivity contribution in [3.8, 4) is 11.3 Å². The molecule has 1 aromatic carbocycles. The first kappa shape index (κ1) is 19.2. The van der Waals surface area contributed by atoms with Crippen LogP contribution in [0.5, 0.6) is 0 Å². The van der Waals surface area contributed by atoms with Crippen LogP contribution in [0.2, 0.25) is 0 Å². The van der Waals surface area contributed by atoms with E-state index in [9.17, 15) is 18.8 Å². The SMILES string of the molecule is COC(=O)c1ccc(CN2C(=O)NC(=Cc3ccc(-c4ccc(F)cc4)o3)C2=O)o1. The number of halogens is 1. The number of nitrogens with zero attached hydrogens (tertiary/aromatic N) is 1. The summed E-state index contributed by atoms with van der Waals surface area (Å²) in [4.78, 5) is 37.2. The lowest BCUT2D eigenvalue weighted by Gasteiger charge is -2.09. The fourth-order valence-corrected chi connectivity index (χ4v) is 2.89. The second-order valence-electron chi connectivity index (χ2n) is 6.35. The standard InChI is InChI=1S/C21H15FN2O6/c1-28-20(26)18-9-7-15(30-18)11-24-19(25)16(23-21(24)27)10-14-6-8-17(29-14)12-2-4-13(22)5-3-12/h2-10H,11H2,1H3,(H,23,27). The quantitative estimate of drug-likeness (QED) is 0.392. The van der Waals surface area contributed by atoms with Crippen LogP contribution in [0.15, 0.2) is 63.1 Å². The molecule has 3 heterocycles. The van der Waals surface area contributed by atoms with Crippen molar-refractivity contribution in [1.29, 1.82) is 0 Å². The molecule has 3 aromatic rings. The van der Waals surface area contributed by atoms with Gasteiger partial charge in [-0.25, -0.2) is 14.0 Å². The molecule has 30 heavy (non-hydrogen) atoms. The van der Waals surface area contributed by atoms with Gasteiger partial charge in [0.15, 0.2) is 0 Å². The second-order valence-corrected chi connectivity index (χ2v) is 6.35. The molecule has 152 valence electrons. The topological polar surface area (TPSA) is 102 Å². The van der Waals surface area contributed by atoms with Gasteiger partial charge in [0, 0.05) is 11.6 Å². The third-order valence-corrected chi connectivity index (χ3v) is 4.37. The minimum Gasteiger partial charge on any atom is -0.463 e. The third kappa shape index (κ3) is 3.72. The molecule has 0 spiro atoms. The van der Waals surface area contributed by atoms with Gasteiger partial charge in [-0.3, -0.25) is 9.69 Å². The highest BCUT2D eigenvalue weighted by Gasteiger charge is 2.34. The van der Waals surface area contributed by atoms with E-state index < -0.39 is 17.9 Å². The smallest absolute Gasteiger partial charge is 0.373 e. The molecule has 0 radical (unpaired) electrons. The Morgan fingerprint density at radius 3 is 2.60 bits per heavy atom. The fraction of sp³-hybridized carbons (Fsp3) is 0.0952. The summed E-state index contributed by atoms with van der Waals surface area (Å²) in [6.45, 7) is -0.155. The summed E-state index contributed by atoms with van der Waals surface area (Å²) < 4.78 is 28.6.